The van der Waals surface area contributed by atoms with Gasteiger partial charge in [0.2, 0.25) is 0 Å². The predicted octanol–water partition coefficient (Wildman–Crippen LogP) is 4.56. The van der Waals surface area contributed by atoms with E-state index in [4.69, 9.17) is 14.2 Å². The molecule has 42 heavy (non-hydrogen) atoms. The van der Waals surface area contributed by atoms with Crippen molar-refractivity contribution in [1.82, 2.24) is 0 Å². The highest BCUT2D eigenvalue weighted by atomic mass is 16.6. The topological polar surface area (TPSA) is 208 Å². The van der Waals surface area contributed by atoms with Crippen molar-refractivity contribution in [1.29, 1.82) is 0 Å². The average molecular weight is 579 g/mol. The maximum atomic E-state index is 13.1. The first-order valence-corrected chi connectivity index (χ1v) is 12.4. The van der Waals surface area contributed by atoms with Crippen LogP contribution in [-0.2, 0) is 14.4 Å². The zero-order chi connectivity index (χ0) is 30.4. The minimum atomic E-state index is -0.974. The summed E-state index contributed by atoms with van der Waals surface area (Å²) in [6.07, 6.45) is -0.170. The Balaban J connectivity index is 1.51. The van der Waals surface area contributed by atoms with Crippen molar-refractivity contribution in [2.45, 2.75) is 19.3 Å². The van der Waals surface area contributed by atoms with Gasteiger partial charge in [0, 0.05) is 36.4 Å². The van der Waals surface area contributed by atoms with Crippen LogP contribution in [0.4, 0.5) is 17.1 Å². The van der Waals surface area contributed by atoms with Gasteiger partial charge in [0.05, 0.1) is 32.5 Å². The molecule has 0 atom stereocenters. The summed E-state index contributed by atoms with van der Waals surface area (Å²) in [5.41, 5.74) is -0.637. The molecule has 0 aromatic heterocycles. The number of carbonyl (C=O) groups is 3. The fourth-order valence-electron chi connectivity index (χ4n) is 4.40. The van der Waals surface area contributed by atoms with Crippen LogP contribution in [0.1, 0.15) is 19.3 Å². The Morgan fingerprint density at radius 3 is 0.881 bits per heavy atom. The normalized spacial score (nSPS) is 17.9. The second-order valence-electron chi connectivity index (χ2n) is 9.31. The number of hydrogen-bond acceptors (Lipinski definition) is 12. The van der Waals surface area contributed by atoms with E-state index in [0.717, 1.165) is 36.4 Å². The Morgan fingerprint density at radius 2 is 0.690 bits per heavy atom. The molecule has 1 aliphatic rings. The van der Waals surface area contributed by atoms with Gasteiger partial charge in [-0.1, -0.05) is 0 Å². The highest BCUT2D eigenvalue weighted by molar-refractivity contribution is 5.82. The summed E-state index contributed by atoms with van der Waals surface area (Å²) in [6.45, 7) is 0. The highest BCUT2D eigenvalue weighted by Gasteiger charge is 2.41. The molecule has 3 aromatic carbocycles. The van der Waals surface area contributed by atoms with Crippen LogP contribution in [-0.4, -0.2) is 32.7 Å². The SMILES string of the molecule is O=C(Oc1ccc([N+](=O)[O-])cc1)C1CC(C(=O)Oc2ccc([N+](=O)[O-])cc2)CC(C(=O)Oc2ccc([N+](=O)[O-])cc2)C1. The number of ether oxygens (including phenoxy) is 3. The van der Waals surface area contributed by atoms with E-state index in [9.17, 15) is 44.7 Å². The summed E-state index contributed by atoms with van der Waals surface area (Å²) < 4.78 is 16.1. The third-order valence-corrected chi connectivity index (χ3v) is 6.51. The molecule has 216 valence electrons. The molecule has 0 amide bonds. The van der Waals surface area contributed by atoms with E-state index in [2.05, 4.69) is 0 Å². The zero-order valence-corrected chi connectivity index (χ0v) is 21.5. The molecule has 15 heteroatoms. The number of rotatable bonds is 9. The zero-order valence-electron chi connectivity index (χ0n) is 21.5. The number of nitrogens with zero attached hydrogens (tertiary/aromatic N) is 3. The van der Waals surface area contributed by atoms with Gasteiger partial charge in [-0.2, -0.15) is 0 Å². The third kappa shape index (κ3) is 7.26. The Hall–Kier alpha value is -5.73. The highest BCUT2D eigenvalue weighted by Crippen LogP contribution is 2.37. The lowest BCUT2D eigenvalue weighted by atomic mass is 9.75. The van der Waals surface area contributed by atoms with Gasteiger partial charge in [0.15, 0.2) is 0 Å². The lowest BCUT2D eigenvalue weighted by Crippen LogP contribution is -2.39. The lowest BCUT2D eigenvalue weighted by Gasteiger charge is -2.31. The van der Waals surface area contributed by atoms with Gasteiger partial charge in [-0.25, -0.2) is 0 Å². The van der Waals surface area contributed by atoms with Crippen LogP contribution >= 0.6 is 0 Å². The van der Waals surface area contributed by atoms with Crippen LogP contribution in [0.5, 0.6) is 17.2 Å². The van der Waals surface area contributed by atoms with Crippen LogP contribution in [0.15, 0.2) is 72.8 Å². The van der Waals surface area contributed by atoms with Crippen molar-refractivity contribution < 1.29 is 43.4 Å². The van der Waals surface area contributed by atoms with Gasteiger partial charge < -0.3 is 14.2 Å². The Kier molecular flexibility index (Phi) is 8.80. The standard InChI is InChI=1S/C27H21N3O12/c31-25(40-22-7-1-19(2-8-22)28(34)35)16-13-17(26(32)41-23-9-3-20(4-10-23)29(36)37)15-18(14-16)27(33)42-24-11-5-21(6-12-24)30(38)39/h1-12,16-18H,13-15H2. The molecule has 0 N–H and O–H groups in total. The van der Waals surface area contributed by atoms with E-state index in [0.29, 0.717) is 0 Å². The van der Waals surface area contributed by atoms with Crippen LogP contribution in [0.2, 0.25) is 0 Å². The van der Waals surface area contributed by atoms with Crippen LogP contribution in [0.25, 0.3) is 0 Å². The molecule has 0 unspecified atom stereocenters. The molecule has 15 nitrogen and oxygen atoms in total. The van der Waals surface area contributed by atoms with Gasteiger partial charge in [-0.3, -0.25) is 44.7 Å². The van der Waals surface area contributed by atoms with E-state index in [1.807, 2.05) is 0 Å². The maximum Gasteiger partial charge on any atom is 0.314 e. The van der Waals surface area contributed by atoms with Gasteiger partial charge in [-0.15, -0.1) is 0 Å². The quantitative estimate of drug-likeness (QED) is 0.148. The molecule has 1 aliphatic carbocycles. The maximum absolute atomic E-state index is 13.1. The summed E-state index contributed by atoms with van der Waals surface area (Å²) in [6, 6.07) is 14.3. The minimum absolute atomic E-state index is 0.0196. The first-order valence-electron chi connectivity index (χ1n) is 12.4. The molecule has 0 radical (unpaired) electrons. The molecule has 0 bridgehead atoms. The van der Waals surface area contributed by atoms with E-state index < -0.39 is 50.4 Å². The van der Waals surface area contributed by atoms with Crippen molar-refractivity contribution in [3.63, 3.8) is 0 Å². The number of nitro benzene ring substituents is 3. The van der Waals surface area contributed by atoms with Crippen molar-refractivity contribution in [2.75, 3.05) is 0 Å². The molecular weight excluding hydrogens is 558 g/mol. The van der Waals surface area contributed by atoms with E-state index in [-0.39, 0.29) is 53.6 Å². The number of non-ortho nitro benzene ring substituents is 3. The number of hydrogen-bond donors (Lipinski definition) is 0. The van der Waals surface area contributed by atoms with Gasteiger partial charge in [0.1, 0.15) is 17.2 Å². The minimum Gasteiger partial charge on any atom is -0.426 e. The third-order valence-electron chi connectivity index (χ3n) is 6.51. The van der Waals surface area contributed by atoms with Crippen LogP contribution < -0.4 is 14.2 Å². The van der Waals surface area contributed by atoms with Crippen molar-refractivity contribution in [2.24, 2.45) is 17.8 Å². The van der Waals surface area contributed by atoms with Crippen molar-refractivity contribution in [3.8, 4) is 17.2 Å². The van der Waals surface area contributed by atoms with Crippen molar-refractivity contribution in [3.05, 3.63) is 103 Å². The van der Waals surface area contributed by atoms with Crippen molar-refractivity contribution >= 4 is 35.0 Å². The predicted molar refractivity (Wildman–Crippen MR) is 141 cm³/mol. The van der Waals surface area contributed by atoms with Gasteiger partial charge in [-0.05, 0) is 55.7 Å². The van der Waals surface area contributed by atoms with Crippen LogP contribution in [0, 0.1) is 48.1 Å². The molecule has 3 aromatic rings. The Bertz CT molecular complexity index is 1330. The molecule has 1 fully saturated rings. The largest absolute Gasteiger partial charge is 0.426 e. The van der Waals surface area contributed by atoms with E-state index >= 15 is 0 Å². The smallest absolute Gasteiger partial charge is 0.314 e. The first kappa shape index (κ1) is 29.3. The molecule has 1 saturated carbocycles. The average Bonchev–Trinajstić information content (AvgIpc) is 2.97. The lowest BCUT2D eigenvalue weighted by molar-refractivity contribution is -0.385. The molecule has 4 rings (SSSR count). The van der Waals surface area contributed by atoms with E-state index in [1.165, 1.54) is 36.4 Å². The molecule has 0 spiro atoms. The number of esters is 3. The monoisotopic (exact) mass is 579 g/mol. The molecule has 0 aliphatic heterocycles. The number of nitro groups is 3. The summed E-state index contributed by atoms with van der Waals surface area (Å²) >= 11 is 0. The number of carbonyl (C=O) groups excluding carboxylic acids is 3. The first-order chi connectivity index (χ1) is 20.0. The van der Waals surface area contributed by atoms with E-state index in [1.54, 1.807) is 0 Å². The number of benzene rings is 3. The fourth-order valence-corrected chi connectivity index (χ4v) is 4.40. The van der Waals surface area contributed by atoms with Gasteiger partial charge in [0.25, 0.3) is 17.1 Å². The second-order valence-corrected chi connectivity index (χ2v) is 9.31. The molecular formula is C27H21N3O12. The molecule has 0 heterocycles. The fraction of sp³-hybridized carbons (Fsp3) is 0.222. The summed E-state index contributed by atoms with van der Waals surface area (Å²) in [5.74, 6) is -5.23. The summed E-state index contributed by atoms with van der Waals surface area (Å²) in [4.78, 5) is 70.0. The van der Waals surface area contributed by atoms with Gasteiger partial charge >= 0.3 is 17.9 Å². The molecule has 0 saturated heterocycles. The summed E-state index contributed by atoms with van der Waals surface area (Å²) in [5, 5.41) is 32.7. The second kappa shape index (κ2) is 12.6. The Labute approximate surface area is 236 Å². The van der Waals surface area contributed by atoms with Crippen LogP contribution in [0.3, 0.4) is 0 Å². The summed E-state index contributed by atoms with van der Waals surface area (Å²) in [7, 11) is 0. The Morgan fingerprint density at radius 1 is 0.476 bits per heavy atom.